The van der Waals surface area contributed by atoms with E-state index >= 15 is 0 Å². The number of aliphatic hydroxyl groups is 1. The zero-order valence-corrected chi connectivity index (χ0v) is 14.9. The third-order valence-corrected chi connectivity index (χ3v) is 4.89. The Morgan fingerprint density at radius 3 is 2.33 bits per heavy atom. The molecule has 126 valence electrons. The number of amides is 1. The van der Waals surface area contributed by atoms with Gasteiger partial charge in [0.05, 0.1) is 12.0 Å². The molecule has 1 saturated heterocycles. The number of halogens is 2. The van der Waals surface area contributed by atoms with Gasteiger partial charge < -0.3 is 15.1 Å². The van der Waals surface area contributed by atoms with Crippen LogP contribution in [0, 0.1) is 11.7 Å². The molecular formula is C18H17FINO3. The quantitative estimate of drug-likeness (QED) is 0.422. The van der Waals surface area contributed by atoms with E-state index in [4.69, 9.17) is 0 Å². The molecule has 0 aliphatic carbocycles. The summed E-state index contributed by atoms with van der Waals surface area (Å²) < 4.78 is 12.7. The Morgan fingerprint density at radius 1 is 1.12 bits per heavy atom. The van der Waals surface area contributed by atoms with Crippen LogP contribution in [0.4, 0.5) is 10.1 Å². The lowest BCUT2D eigenvalue weighted by Crippen LogP contribution is -2.55. The monoisotopic (exact) mass is 441 g/mol. The zero-order chi connectivity index (χ0) is 17.3. The number of carbonyl (C=O) groups is 1. The number of carbonyl (C=O) groups excluding carboxylic acids is 1. The Hall–Kier alpha value is -1.67. The zero-order valence-electron chi connectivity index (χ0n) is 12.8. The summed E-state index contributed by atoms with van der Waals surface area (Å²) in [6.45, 7) is 0. The number of benzene rings is 2. The third kappa shape index (κ3) is 3.39. The highest BCUT2D eigenvalue weighted by atomic mass is 127. The lowest BCUT2D eigenvalue weighted by Gasteiger charge is -2.47. The molecule has 1 aliphatic heterocycles. The molecule has 1 unspecified atom stereocenters. The first-order chi connectivity index (χ1) is 11.5. The normalized spacial score (nSPS) is 21.5. The summed E-state index contributed by atoms with van der Waals surface area (Å²) in [5.41, 5.74) is 1.55. The van der Waals surface area contributed by atoms with E-state index < -0.39 is 4.11 Å². The summed E-state index contributed by atoms with van der Waals surface area (Å²) >= 11 is 1.93. The van der Waals surface area contributed by atoms with Crippen LogP contribution in [0.5, 0.6) is 5.75 Å². The fraction of sp³-hybridized carbons (Fsp3) is 0.278. The molecule has 24 heavy (non-hydrogen) atoms. The summed E-state index contributed by atoms with van der Waals surface area (Å²) in [7, 11) is 0. The average Bonchev–Trinajstić information content (AvgIpc) is 2.55. The van der Waals surface area contributed by atoms with Crippen molar-refractivity contribution >= 4 is 34.2 Å². The fourth-order valence-corrected chi connectivity index (χ4v) is 3.45. The van der Waals surface area contributed by atoms with Gasteiger partial charge in [0.25, 0.3) is 0 Å². The maximum absolute atomic E-state index is 13.2. The standard InChI is InChI=1S/C18H17FINO3/c19-12-3-5-13(6-4-12)21-17(11-1-7-14(22)8-2-11)15(18(21)24)9-10-16(20)23/h1-8,15-17,22-23H,9-10H2/t15-,16+,17?/m1/s1. The van der Waals surface area contributed by atoms with Gasteiger partial charge >= 0.3 is 0 Å². The van der Waals surface area contributed by atoms with Gasteiger partial charge in [-0.05, 0) is 54.8 Å². The van der Waals surface area contributed by atoms with E-state index in [1.54, 1.807) is 41.3 Å². The second-order valence-electron chi connectivity index (χ2n) is 5.84. The van der Waals surface area contributed by atoms with E-state index in [9.17, 15) is 19.4 Å². The molecule has 4 nitrogen and oxygen atoms in total. The molecule has 1 aliphatic rings. The second-order valence-corrected chi connectivity index (χ2v) is 7.28. The highest BCUT2D eigenvalue weighted by Crippen LogP contribution is 2.46. The number of hydrogen-bond acceptors (Lipinski definition) is 3. The number of aliphatic hydroxyl groups excluding tert-OH is 1. The van der Waals surface area contributed by atoms with Crippen molar-refractivity contribution in [1.82, 2.24) is 0 Å². The number of anilines is 1. The van der Waals surface area contributed by atoms with Crippen molar-refractivity contribution in [1.29, 1.82) is 0 Å². The van der Waals surface area contributed by atoms with Crippen LogP contribution >= 0.6 is 22.6 Å². The Labute approximate surface area is 153 Å². The Kier molecular flexibility index (Phi) is 5.05. The van der Waals surface area contributed by atoms with Crippen LogP contribution in [0.2, 0.25) is 0 Å². The van der Waals surface area contributed by atoms with Crippen molar-refractivity contribution in [3.05, 3.63) is 59.9 Å². The number of rotatable bonds is 5. The van der Waals surface area contributed by atoms with Gasteiger partial charge in [0, 0.05) is 5.69 Å². The van der Waals surface area contributed by atoms with Crippen LogP contribution in [0.1, 0.15) is 24.4 Å². The van der Waals surface area contributed by atoms with Gasteiger partial charge in [-0.25, -0.2) is 4.39 Å². The van der Waals surface area contributed by atoms with E-state index in [-0.39, 0.29) is 29.4 Å². The van der Waals surface area contributed by atoms with Crippen LogP contribution in [-0.2, 0) is 4.79 Å². The molecule has 6 heteroatoms. The molecule has 2 aromatic rings. The molecule has 0 radical (unpaired) electrons. The predicted octanol–water partition coefficient (Wildman–Crippen LogP) is 3.77. The number of alkyl halides is 1. The van der Waals surface area contributed by atoms with Crippen molar-refractivity contribution in [3.63, 3.8) is 0 Å². The summed E-state index contributed by atoms with van der Waals surface area (Å²) in [4.78, 5) is 14.3. The maximum atomic E-state index is 13.2. The first-order valence-electron chi connectivity index (χ1n) is 7.67. The van der Waals surface area contributed by atoms with E-state index in [1.165, 1.54) is 12.1 Å². The van der Waals surface area contributed by atoms with Crippen molar-refractivity contribution in [2.75, 3.05) is 4.90 Å². The highest BCUT2D eigenvalue weighted by molar-refractivity contribution is 14.1. The van der Waals surface area contributed by atoms with Crippen LogP contribution in [0.25, 0.3) is 0 Å². The molecule has 2 aromatic carbocycles. The average molecular weight is 441 g/mol. The molecule has 3 atom stereocenters. The van der Waals surface area contributed by atoms with Crippen LogP contribution in [0.15, 0.2) is 48.5 Å². The number of β-lactam (4-membered cyclic amide) rings is 1. The van der Waals surface area contributed by atoms with Crippen LogP contribution in [0.3, 0.4) is 0 Å². The fourth-order valence-electron chi connectivity index (χ4n) is 3.09. The Balaban J connectivity index is 1.90. The number of aromatic hydroxyl groups is 1. The smallest absolute Gasteiger partial charge is 0.233 e. The molecule has 1 fully saturated rings. The van der Waals surface area contributed by atoms with Gasteiger partial charge in [-0.1, -0.05) is 34.7 Å². The van der Waals surface area contributed by atoms with Crippen molar-refractivity contribution in [2.24, 2.45) is 5.92 Å². The molecule has 1 amide bonds. The molecule has 0 spiro atoms. The SMILES string of the molecule is O=C1[C@H](CC[C@H](O)I)C(c2ccc(O)cc2)N1c1ccc(F)cc1. The molecule has 0 bridgehead atoms. The molecule has 2 N–H and O–H groups in total. The third-order valence-electron chi connectivity index (χ3n) is 4.27. The largest absolute Gasteiger partial charge is 0.508 e. The first kappa shape index (κ1) is 17.2. The second kappa shape index (κ2) is 7.06. The maximum Gasteiger partial charge on any atom is 0.233 e. The van der Waals surface area contributed by atoms with E-state index in [0.717, 1.165) is 5.56 Å². The van der Waals surface area contributed by atoms with Crippen LogP contribution in [-0.4, -0.2) is 20.2 Å². The minimum atomic E-state index is -0.490. The number of phenols is 1. The van der Waals surface area contributed by atoms with Crippen molar-refractivity contribution in [2.45, 2.75) is 23.0 Å². The van der Waals surface area contributed by atoms with Gasteiger partial charge in [-0.2, -0.15) is 0 Å². The van der Waals surface area contributed by atoms with Gasteiger partial charge in [-0.15, -0.1) is 0 Å². The number of nitrogens with zero attached hydrogens (tertiary/aromatic N) is 1. The summed E-state index contributed by atoms with van der Waals surface area (Å²) in [6.07, 6.45) is 1.11. The first-order valence-corrected chi connectivity index (χ1v) is 8.91. The number of phenolic OH excluding ortho intramolecular Hbond substituents is 1. The predicted molar refractivity (Wildman–Crippen MR) is 97.5 cm³/mol. The summed E-state index contributed by atoms with van der Waals surface area (Å²) in [5, 5.41) is 19.0. The lowest BCUT2D eigenvalue weighted by atomic mass is 9.79. The number of hydrogen-bond donors (Lipinski definition) is 2. The molecular weight excluding hydrogens is 424 g/mol. The van der Waals surface area contributed by atoms with E-state index in [1.807, 2.05) is 22.6 Å². The topological polar surface area (TPSA) is 60.8 Å². The van der Waals surface area contributed by atoms with Crippen LogP contribution < -0.4 is 4.90 Å². The van der Waals surface area contributed by atoms with E-state index in [2.05, 4.69) is 0 Å². The van der Waals surface area contributed by atoms with Gasteiger partial charge in [0.1, 0.15) is 15.7 Å². The molecule has 0 saturated carbocycles. The summed E-state index contributed by atoms with van der Waals surface area (Å²) in [6, 6.07) is 12.4. The minimum absolute atomic E-state index is 0.0308. The van der Waals surface area contributed by atoms with Gasteiger partial charge in [-0.3, -0.25) is 4.79 Å². The Bertz CT molecular complexity index is 718. The minimum Gasteiger partial charge on any atom is -0.508 e. The molecule has 1 heterocycles. The van der Waals surface area contributed by atoms with Gasteiger partial charge in [0.2, 0.25) is 5.91 Å². The summed E-state index contributed by atoms with van der Waals surface area (Å²) in [5.74, 6) is -0.449. The molecule has 0 aromatic heterocycles. The van der Waals surface area contributed by atoms with Gasteiger partial charge in [0.15, 0.2) is 0 Å². The van der Waals surface area contributed by atoms with Crippen molar-refractivity contribution in [3.8, 4) is 5.75 Å². The lowest BCUT2D eigenvalue weighted by molar-refractivity contribution is -0.130. The highest BCUT2D eigenvalue weighted by Gasteiger charge is 2.48. The van der Waals surface area contributed by atoms with Crippen molar-refractivity contribution < 1.29 is 19.4 Å². The molecule has 3 rings (SSSR count). The Morgan fingerprint density at radius 2 is 1.75 bits per heavy atom. The van der Waals surface area contributed by atoms with E-state index in [0.29, 0.717) is 18.5 Å².